The third-order valence-corrected chi connectivity index (χ3v) is 4.10. The SMILES string of the molecule is CCC(C)N(CC1CCNCC1)C1CC1. The van der Waals surface area contributed by atoms with E-state index in [0.29, 0.717) is 0 Å². The van der Waals surface area contributed by atoms with Crippen LogP contribution in [0.5, 0.6) is 0 Å². The van der Waals surface area contributed by atoms with Crippen LogP contribution in [-0.2, 0) is 0 Å². The molecule has 0 amide bonds. The molecule has 0 radical (unpaired) electrons. The Morgan fingerprint density at radius 2 is 1.87 bits per heavy atom. The predicted molar refractivity (Wildman–Crippen MR) is 65.1 cm³/mol. The van der Waals surface area contributed by atoms with Gasteiger partial charge in [0.1, 0.15) is 0 Å². The molecule has 0 aromatic rings. The van der Waals surface area contributed by atoms with E-state index < -0.39 is 0 Å². The fourth-order valence-electron chi connectivity index (χ4n) is 2.69. The van der Waals surface area contributed by atoms with E-state index in [9.17, 15) is 0 Å². The summed E-state index contributed by atoms with van der Waals surface area (Å²) < 4.78 is 0. The molecule has 88 valence electrons. The molecule has 1 aliphatic heterocycles. The first-order valence-electron chi connectivity index (χ1n) is 6.77. The average Bonchev–Trinajstić information content (AvgIpc) is 3.10. The summed E-state index contributed by atoms with van der Waals surface area (Å²) in [7, 11) is 0. The van der Waals surface area contributed by atoms with Crippen molar-refractivity contribution in [2.75, 3.05) is 19.6 Å². The molecule has 1 saturated carbocycles. The lowest BCUT2D eigenvalue weighted by atomic mass is 9.96. The lowest BCUT2D eigenvalue weighted by molar-refractivity contribution is 0.148. The highest BCUT2D eigenvalue weighted by atomic mass is 15.2. The molecule has 1 N–H and O–H groups in total. The van der Waals surface area contributed by atoms with E-state index in [2.05, 4.69) is 24.1 Å². The lowest BCUT2D eigenvalue weighted by Crippen LogP contribution is -2.41. The van der Waals surface area contributed by atoms with Crippen molar-refractivity contribution in [2.45, 2.75) is 58.0 Å². The third-order valence-electron chi connectivity index (χ3n) is 4.10. The average molecular weight is 210 g/mol. The quantitative estimate of drug-likeness (QED) is 0.749. The minimum atomic E-state index is 0.799. The minimum absolute atomic E-state index is 0.799. The number of rotatable bonds is 5. The Hall–Kier alpha value is -0.0800. The van der Waals surface area contributed by atoms with Gasteiger partial charge >= 0.3 is 0 Å². The summed E-state index contributed by atoms with van der Waals surface area (Å²) in [6, 6.07) is 1.74. The molecule has 0 spiro atoms. The van der Waals surface area contributed by atoms with Crippen molar-refractivity contribution < 1.29 is 0 Å². The van der Waals surface area contributed by atoms with Crippen molar-refractivity contribution in [2.24, 2.45) is 5.92 Å². The van der Waals surface area contributed by atoms with Gasteiger partial charge in [-0.2, -0.15) is 0 Å². The van der Waals surface area contributed by atoms with Gasteiger partial charge in [-0.25, -0.2) is 0 Å². The Kier molecular flexibility index (Phi) is 4.04. The molecule has 1 unspecified atom stereocenters. The van der Waals surface area contributed by atoms with Crippen molar-refractivity contribution >= 4 is 0 Å². The normalized spacial score (nSPS) is 25.8. The van der Waals surface area contributed by atoms with Crippen molar-refractivity contribution in [3.05, 3.63) is 0 Å². The molecule has 1 atom stereocenters. The van der Waals surface area contributed by atoms with Crippen molar-refractivity contribution in [3.63, 3.8) is 0 Å². The Bertz CT molecular complexity index is 183. The van der Waals surface area contributed by atoms with Crippen LogP contribution in [0.1, 0.15) is 46.0 Å². The van der Waals surface area contributed by atoms with Crippen molar-refractivity contribution in [3.8, 4) is 0 Å². The van der Waals surface area contributed by atoms with Crippen LogP contribution in [0.25, 0.3) is 0 Å². The smallest absolute Gasteiger partial charge is 0.00993 e. The molecule has 2 aliphatic rings. The molecular formula is C13H26N2. The summed E-state index contributed by atoms with van der Waals surface area (Å²) >= 11 is 0. The van der Waals surface area contributed by atoms with Gasteiger partial charge in [0, 0.05) is 18.6 Å². The molecule has 0 aromatic carbocycles. The Balaban J connectivity index is 1.82. The van der Waals surface area contributed by atoms with Crippen LogP contribution >= 0.6 is 0 Å². The van der Waals surface area contributed by atoms with Gasteiger partial charge in [-0.1, -0.05) is 6.92 Å². The number of nitrogens with one attached hydrogen (secondary N) is 1. The van der Waals surface area contributed by atoms with Crippen LogP contribution in [0.15, 0.2) is 0 Å². The Labute approximate surface area is 94.4 Å². The van der Waals surface area contributed by atoms with E-state index in [4.69, 9.17) is 0 Å². The molecule has 1 saturated heterocycles. The van der Waals surface area contributed by atoms with E-state index >= 15 is 0 Å². The van der Waals surface area contributed by atoms with E-state index in [1.54, 1.807) is 0 Å². The van der Waals surface area contributed by atoms with Gasteiger partial charge in [-0.15, -0.1) is 0 Å². The van der Waals surface area contributed by atoms with Gasteiger partial charge in [0.05, 0.1) is 0 Å². The highest BCUT2D eigenvalue weighted by Gasteiger charge is 2.33. The van der Waals surface area contributed by atoms with Gasteiger partial charge in [-0.05, 0) is 58.0 Å². The monoisotopic (exact) mass is 210 g/mol. The maximum atomic E-state index is 3.46. The van der Waals surface area contributed by atoms with Crippen LogP contribution in [0.4, 0.5) is 0 Å². The van der Waals surface area contributed by atoms with Crippen LogP contribution in [0.2, 0.25) is 0 Å². The van der Waals surface area contributed by atoms with E-state index in [0.717, 1.165) is 18.0 Å². The fraction of sp³-hybridized carbons (Fsp3) is 1.00. The van der Waals surface area contributed by atoms with Crippen LogP contribution in [-0.4, -0.2) is 36.6 Å². The van der Waals surface area contributed by atoms with Crippen LogP contribution in [0, 0.1) is 5.92 Å². The van der Waals surface area contributed by atoms with Crippen molar-refractivity contribution in [1.82, 2.24) is 10.2 Å². The van der Waals surface area contributed by atoms with E-state index in [1.807, 2.05) is 0 Å². The summed E-state index contributed by atoms with van der Waals surface area (Å²) in [5.41, 5.74) is 0. The molecule has 2 heteroatoms. The lowest BCUT2D eigenvalue weighted by Gasteiger charge is -2.34. The second-order valence-electron chi connectivity index (χ2n) is 5.38. The van der Waals surface area contributed by atoms with E-state index in [-0.39, 0.29) is 0 Å². The Morgan fingerprint density at radius 1 is 1.20 bits per heavy atom. The number of nitrogens with zero attached hydrogens (tertiary/aromatic N) is 1. The van der Waals surface area contributed by atoms with Gasteiger partial charge in [0.15, 0.2) is 0 Å². The highest BCUT2D eigenvalue weighted by molar-refractivity contribution is 4.88. The largest absolute Gasteiger partial charge is 0.317 e. The van der Waals surface area contributed by atoms with Crippen molar-refractivity contribution in [1.29, 1.82) is 0 Å². The number of hydrogen-bond donors (Lipinski definition) is 1. The molecule has 2 nitrogen and oxygen atoms in total. The molecule has 2 fully saturated rings. The van der Waals surface area contributed by atoms with Gasteiger partial charge < -0.3 is 5.32 Å². The number of piperidine rings is 1. The maximum Gasteiger partial charge on any atom is 0.00993 e. The summed E-state index contributed by atoms with van der Waals surface area (Å²) in [4.78, 5) is 2.79. The molecule has 0 bridgehead atoms. The topological polar surface area (TPSA) is 15.3 Å². The summed E-state index contributed by atoms with van der Waals surface area (Å²) in [6.45, 7) is 8.57. The molecular weight excluding hydrogens is 184 g/mol. The summed E-state index contributed by atoms with van der Waals surface area (Å²) in [5.74, 6) is 0.959. The summed E-state index contributed by atoms with van der Waals surface area (Å²) in [6.07, 6.45) is 6.99. The van der Waals surface area contributed by atoms with Crippen LogP contribution < -0.4 is 5.32 Å². The minimum Gasteiger partial charge on any atom is -0.317 e. The van der Waals surface area contributed by atoms with Gasteiger partial charge in [-0.3, -0.25) is 4.90 Å². The third kappa shape index (κ3) is 3.18. The zero-order chi connectivity index (χ0) is 10.7. The van der Waals surface area contributed by atoms with Gasteiger partial charge in [0.25, 0.3) is 0 Å². The first-order chi connectivity index (χ1) is 7.31. The standard InChI is InChI=1S/C13H26N2/c1-3-11(2)15(13-4-5-13)10-12-6-8-14-9-7-12/h11-14H,3-10H2,1-2H3. The van der Waals surface area contributed by atoms with Gasteiger partial charge in [0.2, 0.25) is 0 Å². The predicted octanol–water partition coefficient (Wildman–Crippen LogP) is 2.25. The molecule has 2 rings (SSSR count). The first-order valence-corrected chi connectivity index (χ1v) is 6.77. The summed E-state index contributed by atoms with van der Waals surface area (Å²) in [5, 5.41) is 3.46. The highest BCUT2D eigenvalue weighted by Crippen LogP contribution is 2.31. The molecule has 1 heterocycles. The first kappa shape index (κ1) is 11.4. The fourth-order valence-corrected chi connectivity index (χ4v) is 2.69. The molecule has 0 aromatic heterocycles. The number of hydrogen-bond acceptors (Lipinski definition) is 2. The maximum absolute atomic E-state index is 3.46. The Morgan fingerprint density at radius 3 is 2.40 bits per heavy atom. The molecule has 15 heavy (non-hydrogen) atoms. The second kappa shape index (κ2) is 5.31. The molecule has 1 aliphatic carbocycles. The van der Waals surface area contributed by atoms with Crippen LogP contribution in [0.3, 0.4) is 0 Å². The zero-order valence-electron chi connectivity index (χ0n) is 10.3. The van der Waals surface area contributed by atoms with E-state index in [1.165, 1.54) is 51.7 Å². The second-order valence-corrected chi connectivity index (χ2v) is 5.38. The zero-order valence-corrected chi connectivity index (χ0v) is 10.3.